The number of amides is 1. The number of carbonyl (C=O) groups is 1. The van der Waals surface area contributed by atoms with Crippen molar-refractivity contribution in [3.8, 4) is 11.5 Å². The Morgan fingerprint density at radius 2 is 2.04 bits per heavy atom. The fourth-order valence-electron chi connectivity index (χ4n) is 2.27. The number of hydrogen-bond donors (Lipinski definition) is 1. The van der Waals surface area contributed by atoms with Gasteiger partial charge in [-0.05, 0) is 18.2 Å². The number of aromatic nitrogens is 1. The molecule has 0 radical (unpaired) electrons. The maximum absolute atomic E-state index is 12.5. The van der Waals surface area contributed by atoms with Crippen molar-refractivity contribution in [2.24, 2.45) is 0 Å². The van der Waals surface area contributed by atoms with Gasteiger partial charge >= 0.3 is 0 Å². The van der Waals surface area contributed by atoms with Gasteiger partial charge in [0.2, 0.25) is 0 Å². The van der Waals surface area contributed by atoms with Crippen molar-refractivity contribution in [3.63, 3.8) is 0 Å². The lowest BCUT2D eigenvalue weighted by molar-refractivity contribution is -0.384. The maximum atomic E-state index is 12.5. The molecule has 0 saturated carbocycles. The summed E-state index contributed by atoms with van der Waals surface area (Å²) in [5.41, 5.74) is -0.0577. The number of benzene rings is 2. The molecule has 0 unspecified atom stereocenters. The zero-order chi connectivity index (χ0) is 18.4. The van der Waals surface area contributed by atoms with E-state index >= 15 is 0 Å². The highest BCUT2D eigenvalue weighted by Gasteiger charge is 2.18. The second kappa shape index (κ2) is 8.21. The van der Waals surface area contributed by atoms with Gasteiger partial charge in [0.1, 0.15) is 11.5 Å². The average Bonchev–Trinajstić information content (AvgIpc) is 3.16. The number of para-hydroxylation sites is 1. The summed E-state index contributed by atoms with van der Waals surface area (Å²) in [4.78, 5) is 27.2. The van der Waals surface area contributed by atoms with E-state index in [0.717, 1.165) is 5.01 Å². The van der Waals surface area contributed by atoms with Crippen LogP contribution in [0.4, 0.5) is 5.69 Å². The van der Waals surface area contributed by atoms with Gasteiger partial charge in [0.15, 0.2) is 0 Å². The van der Waals surface area contributed by atoms with Crippen LogP contribution in [-0.2, 0) is 6.42 Å². The van der Waals surface area contributed by atoms with E-state index in [1.807, 2.05) is 11.4 Å². The molecule has 0 aliphatic rings. The predicted molar refractivity (Wildman–Crippen MR) is 97.8 cm³/mol. The van der Waals surface area contributed by atoms with Crippen molar-refractivity contribution in [2.75, 3.05) is 6.54 Å². The smallest absolute Gasteiger partial charge is 0.270 e. The Labute approximate surface area is 153 Å². The second-order valence-corrected chi connectivity index (χ2v) is 6.26. The summed E-state index contributed by atoms with van der Waals surface area (Å²) in [7, 11) is 0. The predicted octanol–water partition coefficient (Wildman–Crippen LogP) is 3.82. The zero-order valence-electron chi connectivity index (χ0n) is 13.6. The topological polar surface area (TPSA) is 94.4 Å². The van der Waals surface area contributed by atoms with Crippen LogP contribution in [0, 0.1) is 10.1 Å². The van der Waals surface area contributed by atoms with Crippen LogP contribution in [0.15, 0.2) is 60.1 Å². The lowest BCUT2D eigenvalue weighted by Gasteiger charge is -2.11. The third-order valence-electron chi connectivity index (χ3n) is 3.50. The number of nitro benzene ring substituents is 1. The third kappa shape index (κ3) is 4.42. The molecule has 132 valence electrons. The van der Waals surface area contributed by atoms with E-state index in [4.69, 9.17) is 4.74 Å². The molecule has 0 saturated heterocycles. The van der Waals surface area contributed by atoms with Crippen molar-refractivity contribution < 1.29 is 14.5 Å². The second-order valence-electron chi connectivity index (χ2n) is 5.28. The number of hydrogen-bond acceptors (Lipinski definition) is 6. The van der Waals surface area contributed by atoms with Gasteiger partial charge in [-0.1, -0.05) is 18.2 Å². The standard InChI is InChI=1S/C18H15N3O4S/c22-18(20-9-8-17-19-10-11-26-17)15-12-13(21(23)24)6-7-16(15)25-14-4-2-1-3-5-14/h1-7,10-12H,8-9H2,(H,20,22). The molecule has 0 bridgehead atoms. The lowest BCUT2D eigenvalue weighted by atomic mass is 10.1. The van der Waals surface area contributed by atoms with Crippen LogP contribution in [-0.4, -0.2) is 22.4 Å². The molecule has 0 aliphatic carbocycles. The number of nitrogens with zero attached hydrogens (tertiary/aromatic N) is 2. The molecule has 26 heavy (non-hydrogen) atoms. The van der Waals surface area contributed by atoms with Gasteiger partial charge in [-0.2, -0.15) is 0 Å². The number of nitro groups is 1. The Kier molecular flexibility index (Phi) is 5.55. The van der Waals surface area contributed by atoms with E-state index in [1.54, 1.807) is 30.5 Å². The molecular weight excluding hydrogens is 354 g/mol. The van der Waals surface area contributed by atoms with Gasteiger partial charge in [0.25, 0.3) is 11.6 Å². The van der Waals surface area contributed by atoms with Gasteiger partial charge in [-0.3, -0.25) is 14.9 Å². The van der Waals surface area contributed by atoms with Crippen LogP contribution in [0.5, 0.6) is 11.5 Å². The Balaban J connectivity index is 1.78. The number of thiazole rings is 1. The average molecular weight is 369 g/mol. The normalized spacial score (nSPS) is 10.3. The fraction of sp³-hybridized carbons (Fsp3) is 0.111. The molecule has 1 heterocycles. The first-order chi connectivity index (χ1) is 12.6. The molecule has 7 nitrogen and oxygen atoms in total. The molecular formula is C18H15N3O4S. The van der Waals surface area contributed by atoms with Crippen LogP contribution in [0.1, 0.15) is 15.4 Å². The summed E-state index contributed by atoms with van der Waals surface area (Å²) in [5.74, 6) is 0.364. The van der Waals surface area contributed by atoms with Gasteiger partial charge in [-0.15, -0.1) is 11.3 Å². The summed E-state index contributed by atoms with van der Waals surface area (Å²) in [6, 6.07) is 12.9. The highest BCUT2D eigenvalue weighted by molar-refractivity contribution is 7.09. The molecule has 3 aromatic rings. The number of non-ortho nitro benzene ring substituents is 1. The lowest BCUT2D eigenvalue weighted by Crippen LogP contribution is -2.26. The van der Waals surface area contributed by atoms with Crippen molar-refractivity contribution in [2.45, 2.75) is 6.42 Å². The van der Waals surface area contributed by atoms with Crippen molar-refractivity contribution >= 4 is 22.9 Å². The maximum Gasteiger partial charge on any atom is 0.270 e. The Morgan fingerprint density at radius 3 is 2.73 bits per heavy atom. The van der Waals surface area contributed by atoms with Crippen LogP contribution in [0.3, 0.4) is 0 Å². The van der Waals surface area contributed by atoms with Crippen LogP contribution in [0.2, 0.25) is 0 Å². The van der Waals surface area contributed by atoms with Gasteiger partial charge < -0.3 is 10.1 Å². The van der Waals surface area contributed by atoms with E-state index in [1.165, 1.54) is 29.5 Å². The van der Waals surface area contributed by atoms with E-state index < -0.39 is 10.8 Å². The molecule has 3 rings (SSSR count). The molecule has 8 heteroatoms. The number of nitrogens with one attached hydrogen (secondary N) is 1. The molecule has 1 amide bonds. The molecule has 0 spiro atoms. The van der Waals surface area contributed by atoms with E-state index in [-0.39, 0.29) is 17.0 Å². The Hall–Kier alpha value is -3.26. The monoisotopic (exact) mass is 369 g/mol. The summed E-state index contributed by atoms with van der Waals surface area (Å²) < 4.78 is 5.72. The van der Waals surface area contributed by atoms with Crippen molar-refractivity contribution in [3.05, 3.63) is 80.8 Å². The molecule has 2 aromatic carbocycles. The van der Waals surface area contributed by atoms with Gasteiger partial charge in [-0.25, -0.2) is 4.98 Å². The third-order valence-corrected chi connectivity index (χ3v) is 4.34. The number of carbonyl (C=O) groups excluding carboxylic acids is 1. The highest BCUT2D eigenvalue weighted by atomic mass is 32.1. The van der Waals surface area contributed by atoms with E-state index in [2.05, 4.69) is 10.3 Å². The zero-order valence-corrected chi connectivity index (χ0v) is 14.4. The minimum atomic E-state index is -0.543. The fourth-order valence-corrected chi connectivity index (χ4v) is 2.89. The first-order valence-electron chi connectivity index (χ1n) is 7.81. The first-order valence-corrected chi connectivity index (χ1v) is 8.69. The quantitative estimate of drug-likeness (QED) is 0.505. The minimum absolute atomic E-state index is 0.113. The van der Waals surface area contributed by atoms with Gasteiger partial charge in [0.05, 0.1) is 15.5 Å². The number of rotatable bonds is 7. The minimum Gasteiger partial charge on any atom is -0.457 e. The molecule has 1 aromatic heterocycles. The Morgan fingerprint density at radius 1 is 1.23 bits per heavy atom. The molecule has 0 atom stereocenters. The molecule has 1 N–H and O–H groups in total. The van der Waals surface area contributed by atoms with Gasteiger partial charge in [0, 0.05) is 36.7 Å². The van der Waals surface area contributed by atoms with Crippen molar-refractivity contribution in [1.82, 2.24) is 10.3 Å². The van der Waals surface area contributed by atoms with Crippen molar-refractivity contribution in [1.29, 1.82) is 0 Å². The first kappa shape index (κ1) is 17.6. The van der Waals surface area contributed by atoms with Crippen LogP contribution >= 0.6 is 11.3 Å². The van der Waals surface area contributed by atoms with Crippen LogP contribution < -0.4 is 10.1 Å². The van der Waals surface area contributed by atoms with Crippen LogP contribution in [0.25, 0.3) is 0 Å². The number of ether oxygens (including phenoxy) is 1. The molecule has 0 fully saturated rings. The van der Waals surface area contributed by atoms with E-state index in [0.29, 0.717) is 18.7 Å². The largest absolute Gasteiger partial charge is 0.457 e. The van der Waals surface area contributed by atoms with E-state index in [9.17, 15) is 14.9 Å². The highest BCUT2D eigenvalue weighted by Crippen LogP contribution is 2.28. The Bertz CT molecular complexity index is 898. The summed E-state index contributed by atoms with van der Waals surface area (Å²) >= 11 is 1.51. The SMILES string of the molecule is O=C(NCCc1nccs1)c1cc([N+](=O)[O-])ccc1Oc1ccccc1. The summed E-state index contributed by atoms with van der Waals surface area (Å²) in [5, 5.41) is 16.6. The molecule has 0 aliphatic heterocycles. The summed E-state index contributed by atoms with van der Waals surface area (Å²) in [6.07, 6.45) is 2.29. The summed E-state index contributed by atoms with van der Waals surface area (Å²) in [6.45, 7) is 0.375.